The summed E-state index contributed by atoms with van der Waals surface area (Å²) in [4.78, 5) is 12.5. The number of hydrogen-bond donors (Lipinski definition) is 2. The summed E-state index contributed by atoms with van der Waals surface area (Å²) in [6.45, 7) is 5.43. The molecule has 1 fully saturated rings. The van der Waals surface area contributed by atoms with E-state index in [0.717, 1.165) is 30.7 Å². The van der Waals surface area contributed by atoms with Crippen LogP contribution in [0, 0.1) is 17.8 Å². The number of benzene rings is 1. The topological polar surface area (TPSA) is 64.3 Å². The summed E-state index contributed by atoms with van der Waals surface area (Å²) >= 11 is 0. The Morgan fingerprint density at radius 1 is 1.36 bits per heavy atom. The monoisotopic (exact) mass is 326 g/mol. The fraction of sp³-hybridized carbons (Fsp3) is 0.588. The van der Waals surface area contributed by atoms with Crippen LogP contribution >= 0.6 is 12.4 Å². The maximum Gasteiger partial charge on any atom is 0.227 e. The van der Waals surface area contributed by atoms with Gasteiger partial charge in [-0.2, -0.15) is 0 Å². The van der Waals surface area contributed by atoms with Gasteiger partial charge in [-0.1, -0.05) is 32.4 Å². The summed E-state index contributed by atoms with van der Waals surface area (Å²) in [5, 5.41) is 3.02. The van der Waals surface area contributed by atoms with Gasteiger partial charge in [0.15, 0.2) is 0 Å². The predicted octanol–water partition coefficient (Wildman–Crippen LogP) is 3.46. The normalized spacial score (nSPS) is 20.5. The van der Waals surface area contributed by atoms with Gasteiger partial charge in [0.25, 0.3) is 0 Å². The second-order valence-corrected chi connectivity index (χ2v) is 6.22. The van der Waals surface area contributed by atoms with Crippen molar-refractivity contribution >= 4 is 24.0 Å². The van der Waals surface area contributed by atoms with Crippen molar-refractivity contribution in [3.8, 4) is 5.75 Å². The van der Waals surface area contributed by atoms with Gasteiger partial charge < -0.3 is 15.8 Å². The number of amides is 1. The molecule has 3 N–H and O–H groups in total. The van der Waals surface area contributed by atoms with Gasteiger partial charge in [0.2, 0.25) is 5.91 Å². The van der Waals surface area contributed by atoms with E-state index in [4.69, 9.17) is 10.5 Å². The van der Waals surface area contributed by atoms with E-state index in [0.29, 0.717) is 25.0 Å². The van der Waals surface area contributed by atoms with E-state index in [-0.39, 0.29) is 24.2 Å². The second kappa shape index (κ2) is 9.01. The minimum Gasteiger partial charge on any atom is -0.491 e. The first kappa shape index (κ1) is 18.8. The molecule has 1 aromatic rings. The Hall–Kier alpha value is -1.26. The summed E-state index contributed by atoms with van der Waals surface area (Å²) in [5.41, 5.74) is 6.52. The number of rotatable bonds is 6. The SMILES string of the molecule is CC(C)COc1ccccc1NC(=O)[C@@H]1CCC[C@@H]1CN.Cl. The summed E-state index contributed by atoms with van der Waals surface area (Å²) in [7, 11) is 0. The molecule has 4 nitrogen and oxygen atoms in total. The van der Waals surface area contributed by atoms with Crippen molar-refractivity contribution in [1.29, 1.82) is 0 Å². The summed E-state index contributed by atoms with van der Waals surface area (Å²) in [5.74, 6) is 1.61. The Bertz CT molecular complexity index is 479. The lowest BCUT2D eigenvalue weighted by molar-refractivity contribution is -0.120. The van der Waals surface area contributed by atoms with E-state index in [2.05, 4.69) is 19.2 Å². The van der Waals surface area contributed by atoms with Crippen molar-refractivity contribution in [2.24, 2.45) is 23.5 Å². The highest BCUT2D eigenvalue weighted by Crippen LogP contribution is 2.33. The number of carbonyl (C=O) groups is 1. The van der Waals surface area contributed by atoms with E-state index < -0.39 is 0 Å². The molecule has 0 bridgehead atoms. The maximum absolute atomic E-state index is 12.5. The lowest BCUT2D eigenvalue weighted by Crippen LogP contribution is -2.29. The number of para-hydroxylation sites is 2. The van der Waals surface area contributed by atoms with Crippen LogP contribution in [0.1, 0.15) is 33.1 Å². The van der Waals surface area contributed by atoms with Gasteiger partial charge in [-0.25, -0.2) is 0 Å². The molecule has 2 atom stereocenters. The average molecular weight is 327 g/mol. The fourth-order valence-electron chi connectivity index (χ4n) is 2.84. The number of halogens is 1. The molecule has 1 aromatic carbocycles. The molecule has 124 valence electrons. The van der Waals surface area contributed by atoms with Crippen molar-refractivity contribution in [1.82, 2.24) is 0 Å². The predicted molar refractivity (Wildman–Crippen MR) is 92.5 cm³/mol. The van der Waals surface area contributed by atoms with Crippen molar-refractivity contribution in [3.63, 3.8) is 0 Å². The molecule has 22 heavy (non-hydrogen) atoms. The van der Waals surface area contributed by atoms with Gasteiger partial charge in [-0.05, 0) is 43.4 Å². The van der Waals surface area contributed by atoms with Crippen molar-refractivity contribution in [2.75, 3.05) is 18.5 Å². The standard InChI is InChI=1S/C17H26N2O2.ClH/c1-12(2)11-21-16-9-4-3-8-15(16)19-17(20)14-7-5-6-13(14)10-18;/h3-4,8-9,12-14H,5-7,10-11,18H2,1-2H3,(H,19,20);1H/t13-,14-;/m1./s1. The van der Waals surface area contributed by atoms with Crippen LogP contribution in [0.4, 0.5) is 5.69 Å². The first-order chi connectivity index (χ1) is 10.1. The van der Waals surface area contributed by atoms with Crippen LogP contribution < -0.4 is 15.8 Å². The van der Waals surface area contributed by atoms with Crippen molar-refractivity contribution in [2.45, 2.75) is 33.1 Å². The zero-order valence-corrected chi connectivity index (χ0v) is 14.2. The molecule has 0 unspecified atom stereocenters. The molecule has 0 radical (unpaired) electrons. The lowest BCUT2D eigenvalue weighted by Gasteiger charge is -2.19. The fourth-order valence-corrected chi connectivity index (χ4v) is 2.84. The van der Waals surface area contributed by atoms with Crippen molar-refractivity contribution < 1.29 is 9.53 Å². The number of nitrogens with one attached hydrogen (secondary N) is 1. The Kier molecular flexibility index (Phi) is 7.69. The number of nitrogens with two attached hydrogens (primary N) is 1. The van der Waals surface area contributed by atoms with E-state index in [9.17, 15) is 4.79 Å². The second-order valence-electron chi connectivity index (χ2n) is 6.22. The molecule has 0 aromatic heterocycles. The third-order valence-corrected chi connectivity index (χ3v) is 4.02. The van der Waals surface area contributed by atoms with Crippen LogP contribution in [0.15, 0.2) is 24.3 Å². The molecular formula is C17H27ClN2O2. The molecule has 0 aliphatic heterocycles. The molecule has 0 saturated heterocycles. The molecule has 2 rings (SSSR count). The van der Waals surface area contributed by atoms with Crippen LogP contribution in [0.3, 0.4) is 0 Å². The highest BCUT2D eigenvalue weighted by molar-refractivity contribution is 5.94. The minimum absolute atomic E-state index is 0. The van der Waals surface area contributed by atoms with Crippen molar-refractivity contribution in [3.05, 3.63) is 24.3 Å². The first-order valence-corrected chi connectivity index (χ1v) is 7.84. The number of anilines is 1. The summed E-state index contributed by atoms with van der Waals surface area (Å²) in [6.07, 6.45) is 3.08. The molecule has 1 saturated carbocycles. The van der Waals surface area contributed by atoms with Crippen LogP contribution in [-0.2, 0) is 4.79 Å². The summed E-state index contributed by atoms with van der Waals surface area (Å²) in [6, 6.07) is 7.61. The molecule has 1 aliphatic carbocycles. The maximum atomic E-state index is 12.5. The van der Waals surface area contributed by atoms with Gasteiger partial charge >= 0.3 is 0 Å². The van der Waals surface area contributed by atoms with Gasteiger partial charge in [0.05, 0.1) is 12.3 Å². The molecule has 0 spiro atoms. The highest BCUT2D eigenvalue weighted by atomic mass is 35.5. The van der Waals surface area contributed by atoms with E-state index in [1.807, 2.05) is 24.3 Å². The zero-order valence-electron chi connectivity index (χ0n) is 13.4. The molecular weight excluding hydrogens is 300 g/mol. The minimum atomic E-state index is 0. The smallest absolute Gasteiger partial charge is 0.227 e. The Balaban J connectivity index is 0.00000242. The number of hydrogen-bond acceptors (Lipinski definition) is 3. The zero-order chi connectivity index (χ0) is 15.2. The lowest BCUT2D eigenvalue weighted by atomic mass is 9.95. The first-order valence-electron chi connectivity index (χ1n) is 7.84. The average Bonchev–Trinajstić information content (AvgIpc) is 2.94. The van der Waals surface area contributed by atoms with Gasteiger partial charge in [-0.15, -0.1) is 12.4 Å². The number of ether oxygens (including phenoxy) is 1. The van der Waals surface area contributed by atoms with Crippen LogP contribution in [0.5, 0.6) is 5.75 Å². The summed E-state index contributed by atoms with van der Waals surface area (Å²) < 4.78 is 5.78. The molecule has 1 amide bonds. The Labute approximate surface area is 139 Å². The van der Waals surface area contributed by atoms with Gasteiger partial charge in [0.1, 0.15) is 5.75 Å². The van der Waals surface area contributed by atoms with E-state index >= 15 is 0 Å². The van der Waals surface area contributed by atoms with E-state index in [1.165, 1.54) is 0 Å². The van der Waals surface area contributed by atoms with Gasteiger partial charge in [0, 0.05) is 5.92 Å². The van der Waals surface area contributed by atoms with Gasteiger partial charge in [-0.3, -0.25) is 4.79 Å². The largest absolute Gasteiger partial charge is 0.491 e. The van der Waals surface area contributed by atoms with Crippen LogP contribution in [0.2, 0.25) is 0 Å². The quantitative estimate of drug-likeness (QED) is 0.841. The Morgan fingerprint density at radius 3 is 2.77 bits per heavy atom. The molecule has 0 heterocycles. The third kappa shape index (κ3) is 4.89. The molecule has 5 heteroatoms. The highest BCUT2D eigenvalue weighted by Gasteiger charge is 2.32. The van der Waals surface area contributed by atoms with Crippen LogP contribution in [-0.4, -0.2) is 19.1 Å². The van der Waals surface area contributed by atoms with E-state index in [1.54, 1.807) is 0 Å². The third-order valence-electron chi connectivity index (χ3n) is 4.02. The number of carbonyl (C=O) groups excluding carboxylic acids is 1. The Morgan fingerprint density at radius 2 is 2.09 bits per heavy atom. The molecule has 1 aliphatic rings. The van der Waals surface area contributed by atoms with Crippen LogP contribution in [0.25, 0.3) is 0 Å².